The van der Waals surface area contributed by atoms with Crippen LogP contribution in [0, 0.1) is 6.92 Å². The summed E-state index contributed by atoms with van der Waals surface area (Å²) in [5.41, 5.74) is 8.63. The van der Waals surface area contributed by atoms with E-state index in [-0.39, 0.29) is 0 Å². The van der Waals surface area contributed by atoms with Crippen LogP contribution in [0.4, 0.5) is 0 Å². The molecule has 1 aliphatic carbocycles. The van der Waals surface area contributed by atoms with E-state index in [2.05, 4.69) is 74.2 Å². The maximum Gasteiger partial charge on any atom is -0.000455 e. The minimum absolute atomic E-state index is 0.945. The van der Waals surface area contributed by atoms with Crippen molar-refractivity contribution in [1.29, 1.82) is 0 Å². The fourth-order valence-corrected chi connectivity index (χ4v) is 4.36. The van der Waals surface area contributed by atoms with Crippen molar-refractivity contribution in [2.75, 3.05) is 0 Å². The predicted octanol–water partition coefficient (Wildman–Crippen LogP) is 6.60. The van der Waals surface area contributed by atoms with Gasteiger partial charge in [0.1, 0.15) is 0 Å². The van der Waals surface area contributed by atoms with Gasteiger partial charge in [0, 0.05) is 0 Å². The van der Waals surface area contributed by atoms with Crippen molar-refractivity contribution in [2.24, 2.45) is 0 Å². The molecule has 25 heavy (non-hydrogen) atoms. The van der Waals surface area contributed by atoms with Crippen LogP contribution in [0.5, 0.6) is 0 Å². The number of benzene rings is 4. The highest BCUT2D eigenvalue weighted by Crippen LogP contribution is 2.43. The highest BCUT2D eigenvalue weighted by molar-refractivity contribution is 6.03. The molecular weight excluding hydrogens is 300 g/mol. The van der Waals surface area contributed by atoms with E-state index in [1.54, 1.807) is 0 Å². The second kappa shape index (κ2) is 5.32. The maximum atomic E-state index is 3.90. The van der Waals surface area contributed by atoms with Crippen molar-refractivity contribution in [3.05, 3.63) is 95.6 Å². The van der Waals surface area contributed by atoms with E-state index in [1.165, 1.54) is 54.9 Å². The molecule has 1 aliphatic rings. The molecule has 0 saturated carbocycles. The lowest BCUT2D eigenvalue weighted by Gasteiger charge is -2.09. The molecule has 0 aliphatic heterocycles. The third-order valence-electron chi connectivity index (χ3n) is 5.72. The van der Waals surface area contributed by atoms with Gasteiger partial charge in [-0.15, -0.1) is 6.58 Å². The summed E-state index contributed by atoms with van der Waals surface area (Å²) in [5, 5.41) is 5.38. The second-order valence-electron chi connectivity index (χ2n) is 7.06. The van der Waals surface area contributed by atoms with Crippen molar-refractivity contribution < 1.29 is 0 Å². The van der Waals surface area contributed by atoms with Gasteiger partial charge in [-0.25, -0.2) is 0 Å². The first-order valence-corrected chi connectivity index (χ1v) is 8.93. The summed E-state index contributed by atoms with van der Waals surface area (Å²) in [6, 6.07) is 22.5. The second-order valence-corrected chi connectivity index (χ2v) is 7.06. The van der Waals surface area contributed by atoms with Crippen molar-refractivity contribution in [1.82, 2.24) is 0 Å². The molecular formula is C25H20. The topological polar surface area (TPSA) is 0 Å². The van der Waals surface area contributed by atoms with Gasteiger partial charge >= 0.3 is 0 Å². The van der Waals surface area contributed by atoms with E-state index in [4.69, 9.17) is 0 Å². The lowest BCUT2D eigenvalue weighted by Crippen LogP contribution is -1.93. The summed E-state index contributed by atoms with van der Waals surface area (Å²) < 4.78 is 0. The van der Waals surface area contributed by atoms with E-state index < -0.39 is 0 Å². The summed E-state index contributed by atoms with van der Waals surface area (Å²) in [6.07, 6.45) is 3.98. The Morgan fingerprint density at radius 1 is 0.840 bits per heavy atom. The average Bonchev–Trinajstić information content (AvgIpc) is 3.02. The van der Waals surface area contributed by atoms with Gasteiger partial charge in [-0.2, -0.15) is 0 Å². The lowest BCUT2D eigenvalue weighted by atomic mass is 9.95. The predicted molar refractivity (Wildman–Crippen MR) is 108 cm³/mol. The highest BCUT2D eigenvalue weighted by atomic mass is 14.3. The zero-order chi connectivity index (χ0) is 17.0. The Kier molecular flexibility index (Phi) is 3.08. The van der Waals surface area contributed by atoms with Crippen LogP contribution in [0.1, 0.15) is 22.3 Å². The van der Waals surface area contributed by atoms with E-state index in [9.17, 15) is 0 Å². The van der Waals surface area contributed by atoms with Gasteiger partial charge in [-0.05, 0) is 86.8 Å². The summed E-state index contributed by atoms with van der Waals surface area (Å²) in [6.45, 7) is 6.16. The molecule has 0 fully saturated rings. The largest absolute Gasteiger partial charge is 0.103 e. The maximum absolute atomic E-state index is 3.90. The Morgan fingerprint density at radius 3 is 2.36 bits per heavy atom. The quantitative estimate of drug-likeness (QED) is 0.254. The summed E-state index contributed by atoms with van der Waals surface area (Å²) in [7, 11) is 0. The highest BCUT2D eigenvalue weighted by Gasteiger charge is 2.23. The Labute approximate surface area is 148 Å². The fraction of sp³-hybridized carbons (Fsp3) is 0.120. The molecule has 0 heterocycles. The molecule has 5 rings (SSSR count). The number of hydrogen-bond acceptors (Lipinski definition) is 0. The summed E-state index contributed by atoms with van der Waals surface area (Å²) in [4.78, 5) is 0. The lowest BCUT2D eigenvalue weighted by molar-refractivity contribution is 1.15. The molecule has 0 bridgehead atoms. The van der Waals surface area contributed by atoms with Crippen LogP contribution in [0.15, 0.2) is 73.3 Å². The van der Waals surface area contributed by atoms with Gasteiger partial charge in [-0.1, -0.05) is 54.6 Å². The third kappa shape index (κ3) is 2.07. The number of rotatable bonds is 2. The Morgan fingerprint density at radius 2 is 1.56 bits per heavy atom. The van der Waals surface area contributed by atoms with Crippen LogP contribution >= 0.6 is 0 Å². The van der Waals surface area contributed by atoms with Gasteiger partial charge in [0.2, 0.25) is 0 Å². The smallest absolute Gasteiger partial charge is 0.000455 e. The Hall–Kier alpha value is -2.86. The van der Waals surface area contributed by atoms with Gasteiger partial charge in [-0.3, -0.25) is 0 Å². The van der Waals surface area contributed by atoms with Crippen LogP contribution in [0.2, 0.25) is 0 Å². The first-order chi connectivity index (χ1) is 12.3. The van der Waals surface area contributed by atoms with Crippen molar-refractivity contribution >= 4 is 21.5 Å². The zero-order valence-electron chi connectivity index (χ0n) is 14.5. The number of allylic oxidation sites excluding steroid dienone is 1. The SMILES string of the molecule is C=CCc1ccc2c(c1C)Cc1c-2ccc2cc3ccccc3cc12. The van der Waals surface area contributed by atoms with Gasteiger partial charge < -0.3 is 0 Å². The molecule has 0 heteroatoms. The van der Waals surface area contributed by atoms with Crippen LogP contribution in [-0.4, -0.2) is 0 Å². The number of hydrogen-bond donors (Lipinski definition) is 0. The van der Waals surface area contributed by atoms with E-state index >= 15 is 0 Å². The monoisotopic (exact) mass is 320 g/mol. The number of fused-ring (bicyclic) bond motifs is 6. The molecule has 0 aromatic heterocycles. The normalized spacial score (nSPS) is 12.4. The van der Waals surface area contributed by atoms with E-state index in [1.807, 2.05) is 6.08 Å². The van der Waals surface area contributed by atoms with Crippen LogP contribution in [0.25, 0.3) is 32.7 Å². The minimum Gasteiger partial charge on any atom is -0.103 e. The summed E-state index contributed by atoms with van der Waals surface area (Å²) in [5.74, 6) is 0. The molecule has 4 aromatic rings. The molecule has 0 nitrogen and oxygen atoms in total. The molecule has 0 unspecified atom stereocenters. The molecule has 0 amide bonds. The molecule has 0 N–H and O–H groups in total. The average molecular weight is 320 g/mol. The molecule has 0 atom stereocenters. The van der Waals surface area contributed by atoms with Crippen molar-refractivity contribution in [2.45, 2.75) is 19.8 Å². The van der Waals surface area contributed by atoms with E-state index in [0.29, 0.717) is 0 Å². The molecule has 0 radical (unpaired) electrons. The van der Waals surface area contributed by atoms with Gasteiger partial charge in [0.25, 0.3) is 0 Å². The minimum atomic E-state index is 0.945. The molecule has 0 spiro atoms. The van der Waals surface area contributed by atoms with Gasteiger partial charge in [0.05, 0.1) is 0 Å². The standard InChI is InChI=1S/C25H20/c1-3-6-17-9-11-21-22-12-10-20-13-18-7-4-5-8-19(18)14-24(20)25(22)15-23(21)16(17)2/h3-5,7-14H,1,6,15H2,2H3. The van der Waals surface area contributed by atoms with Crippen molar-refractivity contribution in [3.63, 3.8) is 0 Å². The van der Waals surface area contributed by atoms with Crippen molar-refractivity contribution in [3.8, 4) is 11.1 Å². The molecule has 4 aromatic carbocycles. The van der Waals surface area contributed by atoms with E-state index in [0.717, 1.165) is 12.8 Å². The first kappa shape index (κ1) is 14.5. The molecule has 0 saturated heterocycles. The fourth-order valence-electron chi connectivity index (χ4n) is 4.36. The van der Waals surface area contributed by atoms with Crippen LogP contribution in [0.3, 0.4) is 0 Å². The molecule has 120 valence electrons. The summed E-state index contributed by atoms with van der Waals surface area (Å²) >= 11 is 0. The Bertz CT molecular complexity index is 1160. The third-order valence-corrected chi connectivity index (χ3v) is 5.72. The van der Waals surface area contributed by atoms with Gasteiger partial charge in [0.15, 0.2) is 0 Å². The van der Waals surface area contributed by atoms with Crippen LogP contribution in [-0.2, 0) is 12.8 Å². The van der Waals surface area contributed by atoms with Crippen LogP contribution < -0.4 is 0 Å². The zero-order valence-corrected chi connectivity index (χ0v) is 14.5. The Balaban J connectivity index is 1.77. The first-order valence-electron chi connectivity index (χ1n) is 8.93.